The number of nitrogens with zero attached hydrogens (tertiary/aromatic N) is 13. The van der Waals surface area contributed by atoms with Crippen LogP contribution in [-0.2, 0) is 42.1 Å². The van der Waals surface area contributed by atoms with Crippen molar-refractivity contribution in [3.63, 3.8) is 0 Å². The van der Waals surface area contributed by atoms with Crippen LogP contribution < -0.4 is 5.32 Å². The van der Waals surface area contributed by atoms with Crippen molar-refractivity contribution in [3.05, 3.63) is 123 Å². The predicted octanol–water partition coefficient (Wildman–Crippen LogP) is 9.13. The Morgan fingerprint density at radius 1 is 0.711 bits per heavy atom. The average molecular weight is 1120 g/mol. The lowest BCUT2D eigenvalue weighted by molar-refractivity contribution is -0.0162. The summed E-state index contributed by atoms with van der Waals surface area (Å²) in [6.07, 6.45) is 7.41. The van der Waals surface area contributed by atoms with Crippen LogP contribution in [0, 0.1) is 0 Å². The highest BCUT2D eigenvalue weighted by molar-refractivity contribution is 7.16. The molecule has 0 atom stereocenters. The number of hydrogen-bond acceptors (Lipinski definition) is 19. The number of ether oxygens (including phenoxy) is 1. The number of thiophene rings is 3. The summed E-state index contributed by atoms with van der Waals surface area (Å²) in [6, 6.07) is 14.2. The Morgan fingerprint density at radius 2 is 1.21 bits per heavy atom. The second-order valence-corrected chi connectivity index (χ2v) is 20.2. The van der Waals surface area contributed by atoms with Crippen LogP contribution >= 0.6 is 34.0 Å². The summed E-state index contributed by atoms with van der Waals surface area (Å²) in [5, 5.41) is 21.6. The van der Waals surface area contributed by atoms with E-state index >= 15 is 0 Å². The van der Waals surface area contributed by atoms with E-state index in [1.807, 2.05) is 12.1 Å². The molecule has 0 aromatic carbocycles. The SMILES string of the molecule is CN(C)C(=O)c1ncnn1Cc1ccc(-c2noc(C(C)(F)F)n2)s1.CNC(=O)c1cccn1Cc1ccc(-c2noc(C(C)(F)F)n2)s1.COCCCC(=O)c1cnn(Cc2ccc(-c3noc(C(C)(F)F)n3)s2)c1. The number of carbonyl (C=O) groups is 3. The molecule has 0 saturated carbocycles. The van der Waals surface area contributed by atoms with Gasteiger partial charge >= 0.3 is 17.8 Å². The van der Waals surface area contributed by atoms with E-state index in [1.165, 1.54) is 49.9 Å². The van der Waals surface area contributed by atoms with E-state index in [-0.39, 0.29) is 40.9 Å². The number of rotatable bonds is 19. The van der Waals surface area contributed by atoms with Gasteiger partial charge in [-0.1, -0.05) is 15.5 Å². The highest BCUT2D eigenvalue weighted by atomic mass is 32.1. The summed E-state index contributed by atoms with van der Waals surface area (Å²) in [5.41, 5.74) is 1.09. The van der Waals surface area contributed by atoms with Crippen molar-refractivity contribution in [2.75, 3.05) is 34.9 Å². The van der Waals surface area contributed by atoms with E-state index in [0.29, 0.717) is 85.7 Å². The molecule has 21 nitrogen and oxygen atoms in total. The van der Waals surface area contributed by atoms with Gasteiger partial charge in [0.1, 0.15) is 12.0 Å². The molecule has 0 aliphatic rings. The number of hydrogen-bond donors (Lipinski definition) is 1. The highest BCUT2D eigenvalue weighted by Crippen LogP contribution is 2.34. The average Bonchev–Trinajstić information content (AvgIpc) is 4.21. The molecule has 76 heavy (non-hydrogen) atoms. The standard InChI is InChI=1S/C17H18F2N4O3S.C15H14F2N4O2S.C14H14F2N6O2S/c1-17(18,19)16-21-15(22-26-16)14-6-5-12(27-14)10-23-9-11(8-20-23)13(24)4-3-7-25-2;1-15(16,17)14-19-12(20-23-14)11-6-5-9(24-11)8-21-7-3-4-10(21)13(22)18-2;1-14(15,16)13-19-10(20-24-13)9-5-4-8(25-9)6-22-11(17-7-18-22)12(23)21(2)3/h5-6,8-9H,3-4,7,10H2,1-2H3;3-7H,8H2,1-2H3,(H,18,22);4-5,7H,6H2,1-3H3. The number of halogens is 6. The molecular weight excluding hydrogens is 1070 g/mol. The van der Waals surface area contributed by atoms with E-state index in [9.17, 15) is 40.7 Å². The lowest BCUT2D eigenvalue weighted by Gasteiger charge is -2.10. The van der Waals surface area contributed by atoms with E-state index < -0.39 is 35.4 Å². The van der Waals surface area contributed by atoms with Gasteiger partial charge in [-0.25, -0.2) is 9.67 Å². The Hall–Kier alpha value is -7.70. The number of nitrogens with one attached hydrogen (secondary N) is 1. The van der Waals surface area contributed by atoms with Gasteiger partial charge in [0.2, 0.25) is 23.3 Å². The predicted molar refractivity (Wildman–Crippen MR) is 262 cm³/mol. The fourth-order valence-corrected chi connectivity index (χ4v) is 9.25. The minimum Gasteiger partial charge on any atom is -0.385 e. The van der Waals surface area contributed by atoms with Crippen LogP contribution in [-0.4, -0.2) is 117 Å². The third kappa shape index (κ3) is 14.4. The van der Waals surface area contributed by atoms with Crippen LogP contribution in [0.5, 0.6) is 0 Å². The number of ketones is 1. The molecule has 9 aromatic heterocycles. The summed E-state index contributed by atoms with van der Waals surface area (Å²) in [4.78, 5) is 57.0. The van der Waals surface area contributed by atoms with Crippen LogP contribution in [0.2, 0.25) is 0 Å². The summed E-state index contributed by atoms with van der Waals surface area (Å²) in [7, 11) is 6.42. The Bertz CT molecular complexity index is 3370. The van der Waals surface area contributed by atoms with Crippen LogP contribution in [0.15, 0.2) is 87.0 Å². The van der Waals surface area contributed by atoms with Crippen LogP contribution in [0.3, 0.4) is 0 Å². The lowest BCUT2D eigenvalue weighted by atomic mass is 10.1. The second-order valence-electron chi connectivity index (χ2n) is 16.7. The Balaban J connectivity index is 0.000000166. The van der Waals surface area contributed by atoms with Gasteiger partial charge in [0.05, 0.1) is 46.0 Å². The maximum absolute atomic E-state index is 13.2. The fourth-order valence-electron chi connectivity index (χ4n) is 6.48. The van der Waals surface area contributed by atoms with Gasteiger partial charge in [0.25, 0.3) is 29.5 Å². The molecule has 9 heterocycles. The molecule has 0 fully saturated rings. The number of amides is 2. The maximum Gasteiger partial charge on any atom is 0.322 e. The molecule has 0 aliphatic carbocycles. The van der Waals surface area contributed by atoms with Crippen LogP contribution in [0.25, 0.3) is 32.1 Å². The third-order valence-electron chi connectivity index (χ3n) is 10.2. The first-order chi connectivity index (χ1) is 36.0. The van der Waals surface area contributed by atoms with Crippen LogP contribution in [0.1, 0.15) is 97.4 Å². The zero-order valence-corrected chi connectivity index (χ0v) is 43.8. The molecular formula is C46H46F6N14O7S3. The first-order valence-electron chi connectivity index (χ1n) is 22.4. The lowest BCUT2D eigenvalue weighted by Crippen LogP contribution is -2.26. The van der Waals surface area contributed by atoms with Crippen molar-refractivity contribution in [1.29, 1.82) is 0 Å². The van der Waals surface area contributed by atoms with Crippen LogP contribution in [0.4, 0.5) is 26.3 Å². The zero-order valence-electron chi connectivity index (χ0n) is 41.3. The molecule has 0 aliphatic heterocycles. The van der Waals surface area contributed by atoms with E-state index in [1.54, 1.807) is 92.5 Å². The zero-order chi connectivity index (χ0) is 55.0. The maximum atomic E-state index is 13.2. The molecule has 0 bridgehead atoms. The molecule has 0 radical (unpaired) electrons. The first-order valence-corrected chi connectivity index (χ1v) is 24.9. The first kappa shape index (κ1) is 56.0. The number of Topliss-reactive ketones (excluding diaryl/α,β-unsaturated/α-hetero) is 1. The van der Waals surface area contributed by atoms with Gasteiger partial charge in [-0.2, -0.15) is 51.5 Å². The molecule has 0 saturated heterocycles. The molecule has 9 rings (SSSR count). The summed E-state index contributed by atoms with van der Waals surface area (Å²) in [5.74, 6) is -11.5. The van der Waals surface area contributed by atoms with Crippen molar-refractivity contribution in [2.45, 2.75) is 71.0 Å². The van der Waals surface area contributed by atoms with E-state index in [2.05, 4.69) is 64.5 Å². The number of aromatic nitrogens is 12. The van der Waals surface area contributed by atoms with Gasteiger partial charge in [0.15, 0.2) is 5.78 Å². The fraction of sp³-hybridized carbons (Fsp3) is 0.348. The van der Waals surface area contributed by atoms with Gasteiger partial charge in [0, 0.05) is 89.1 Å². The topological polar surface area (TPSA) is 246 Å². The van der Waals surface area contributed by atoms with E-state index in [4.69, 9.17) is 4.74 Å². The van der Waals surface area contributed by atoms with Gasteiger partial charge in [-0.15, -0.1) is 34.0 Å². The minimum absolute atomic E-state index is 0.0185. The molecule has 0 spiro atoms. The molecule has 0 unspecified atom stereocenters. The molecule has 1 N–H and O–H groups in total. The summed E-state index contributed by atoms with van der Waals surface area (Å²) >= 11 is 3.99. The Kier molecular flexibility index (Phi) is 17.6. The van der Waals surface area contributed by atoms with Crippen molar-refractivity contribution in [2.24, 2.45) is 0 Å². The summed E-state index contributed by atoms with van der Waals surface area (Å²) in [6.45, 7) is 3.89. The normalized spacial score (nSPS) is 11.8. The van der Waals surface area contributed by atoms with Crippen molar-refractivity contribution in [1.82, 2.24) is 69.8 Å². The molecule has 9 aromatic rings. The molecule has 402 valence electrons. The Labute approximate surface area is 439 Å². The largest absolute Gasteiger partial charge is 0.385 e. The van der Waals surface area contributed by atoms with Gasteiger partial charge in [-0.05, 0) is 55.0 Å². The number of methoxy groups -OCH3 is 1. The summed E-state index contributed by atoms with van der Waals surface area (Å²) < 4.78 is 103. The van der Waals surface area contributed by atoms with Crippen molar-refractivity contribution < 1.29 is 59.0 Å². The molecule has 2 amide bonds. The third-order valence-corrected chi connectivity index (χ3v) is 13.4. The second kappa shape index (κ2) is 23.9. The smallest absolute Gasteiger partial charge is 0.322 e. The quantitative estimate of drug-likeness (QED) is 0.0450. The number of carbonyl (C=O) groups excluding carboxylic acids is 3. The van der Waals surface area contributed by atoms with E-state index in [0.717, 1.165) is 14.6 Å². The van der Waals surface area contributed by atoms with Crippen molar-refractivity contribution >= 4 is 51.6 Å². The number of alkyl halides is 6. The highest BCUT2D eigenvalue weighted by Gasteiger charge is 2.34. The van der Waals surface area contributed by atoms with Gasteiger partial charge in [-0.3, -0.25) is 19.1 Å². The monoisotopic (exact) mass is 1120 g/mol. The van der Waals surface area contributed by atoms with Crippen molar-refractivity contribution in [3.8, 4) is 32.1 Å². The van der Waals surface area contributed by atoms with Gasteiger partial charge < -0.3 is 33.1 Å². The molecule has 30 heteroatoms. The minimum atomic E-state index is -3.19. The Morgan fingerprint density at radius 3 is 1.67 bits per heavy atom.